The number of carboxylic acid groups (broad SMARTS) is 1. The predicted octanol–water partition coefficient (Wildman–Crippen LogP) is 2.69. The third-order valence-corrected chi connectivity index (χ3v) is 3.08. The predicted molar refractivity (Wildman–Crippen MR) is 77.4 cm³/mol. The molecule has 0 saturated carbocycles. The van der Waals surface area contributed by atoms with Crippen LogP contribution in [0.1, 0.15) is 39.3 Å². The fourth-order valence-corrected chi connectivity index (χ4v) is 1.88. The van der Waals surface area contributed by atoms with Gasteiger partial charge in [-0.2, -0.15) is 0 Å². The Labute approximate surface area is 123 Å². The van der Waals surface area contributed by atoms with Crippen LogP contribution in [0.2, 0.25) is 0 Å². The van der Waals surface area contributed by atoms with E-state index < -0.39 is 29.5 Å². The van der Waals surface area contributed by atoms with E-state index in [0.29, 0.717) is 5.56 Å². The number of benzene rings is 1. The number of carbonyl (C=O) groups excluding carboxylic acids is 1. The molecule has 1 aromatic rings. The largest absolute Gasteiger partial charge is 0.480 e. The van der Waals surface area contributed by atoms with Gasteiger partial charge >= 0.3 is 12.0 Å². The van der Waals surface area contributed by atoms with Gasteiger partial charge < -0.3 is 15.7 Å². The van der Waals surface area contributed by atoms with Crippen LogP contribution in [0, 0.1) is 11.2 Å². The minimum Gasteiger partial charge on any atom is -0.480 e. The highest BCUT2D eigenvalue weighted by Crippen LogP contribution is 2.19. The van der Waals surface area contributed by atoms with E-state index in [1.165, 1.54) is 12.1 Å². The standard InChI is InChI=1S/C15H21FN2O3/c1-9(10-6-5-7-11(16)8-10)17-14(21)18-12(13(19)20)15(2,3)4/h5-9,12H,1-4H3,(H,19,20)(H2,17,18,21). The van der Waals surface area contributed by atoms with E-state index in [-0.39, 0.29) is 5.82 Å². The highest BCUT2D eigenvalue weighted by atomic mass is 19.1. The van der Waals surface area contributed by atoms with E-state index in [1.807, 2.05) is 0 Å². The molecule has 0 saturated heterocycles. The first-order valence-corrected chi connectivity index (χ1v) is 6.66. The van der Waals surface area contributed by atoms with Crippen molar-refractivity contribution >= 4 is 12.0 Å². The molecule has 2 atom stereocenters. The number of halogens is 1. The van der Waals surface area contributed by atoms with Gasteiger partial charge in [0, 0.05) is 0 Å². The number of hydrogen-bond acceptors (Lipinski definition) is 2. The molecule has 0 aliphatic heterocycles. The molecule has 1 aromatic carbocycles. The second-order valence-corrected chi connectivity index (χ2v) is 6.03. The number of amides is 2. The Morgan fingerprint density at radius 2 is 1.86 bits per heavy atom. The Kier molecular flexibility index (Phi) is 5.29. The summed E-state index contributed by atoms with van der Waals surface area (Å²) in [4.78, 5) is 23.1. The second-order valence-electron chi connectivity index (χ2n) is 6.03. The third-order valence-electron chi connectivity index (χ3n) is 3.08. The van der Waals surface area contributed by atoms with Crippen molar-refractivity contribution in [3.05, 3.63) is 35.6 Å². The topological polar surface area (TPSA) is 78.4 Å². The quantitative estimate of drug-likeness (QED) is 0.799. The summed E-state index contributed by atoms with van der Waals surface area (Å²) in [5, 5.41) is 14.2. The van der Waals surface area contributed by atoms with Crippen molar-refractivity contribution < 1.29 is 19.1 Å². The Balaban J connectivity index is 2.70. The zero-order valence-electron chi connectivity index (χ0n) is 12.6. The summed E-state index contributed by atoms with van der Waals surface area (Å²) in [6.07, 6.45) is 0. The summed E-state index contributed by atoms with van der Waals surface area (Å²) in [7, 11) is 0. The van der Waals surface area contributed by atoms with Crippen LogP contribution < -0.4 is 10.6 Å². The van der Waals surface area contributed by atoms with E-state index in [2.05, 4.69) is 10.6 Å². The molecule has 0 aliphatic carbocycles. The van der Waals surface area contributed by atoms with Crippen molar-refractivity contribution in [1.29, 1.82) is 0 Å². The molecule has 0 aliphatic rings. The maximum absolute atomic E-state index is 13.1. The Bertz CT molecular complexity index is 526. The smallest absolute Gasteiger partial charge is 0.326 e. The number of carboxylic acids is 1. The molecule has 0 heterocycles. The molecule has 6 heteroatoms. The van der Waals surface area contributed by atoms with E-state index >= 15 is 0 Å². The summed E-state index contributed by atoms with van der Waals surface area (Å²) < 4.78 is 13.1. The first-order valence-electron chi connectivity index (χ1n) is 6.66. The van der Waals surface area contributed by atoms with E-state index in [0.717, 1.165) is 0 Å². The highest BCUT2D eigenvalue weighted by Gasteiger charge is 2.32. The van der Waals surface area contributed by atoms with Gasteiger partial charge in [0.1, 0.15) is 11.9 Å². The van der Waals surface area contributed by atoms with Crippen molar-refractivity contribution in [3.8, 4) is 0 Å². The average molecular weight is 296 g/mol. The van der Waals surface area contributed by atoms with Crippen molar-refractivity contribution in [2.24, 2.45) is 5.41 Å². The van der Waals surface area contributed by atoms with E-state index in [4.69, 9.17) is 5.11 Å². The Morgan fingerprint density at radius 3 is 2.33 bits per heavy atom. The number of urea groups is 1. The number of hydrogen-bond donors (Lipinski definition) is 3. The number of aliphatic carboxylic acids is 1. The van der Waals surface area contributed by atoms with Gasteiger partial charge in [0.15, 0.2) is 0 Å². The first-order chi connectivity index (χ1) is 9.61. The Morgan fingerprint density at radius 1 is 1.24 bits per heavy atom. The fraction of sp³-hybridized carbons (Fsp3) is 0.467. The zero-order valence-corrected chi connectivity index (χ0v) is 12.6. The fourth-order valence-electron chi connectivity index (χ4n) is 1.88. The van der Waals surface area contributed by atoms with Gasteiger partial charge in [-0.3, -0.25) is 0 Å². The van der Waals surface area contributed by atoms with Crippen LogP contribution in [-0.2, 0) is 4.79 Å². The van der Waals surface area contributed by atoms with Crippen LogP contribution in [0.25, 0.3) is 0 Å². The molecule has 0 bridgehead atoms. The van der Waals surface area contributed by atoms with Crippen molar-refractivity contribution in [2.75, 3.05) is 0 Å². The van der Waals surface area contributed by atoms with Crippen molar-refractivity contribution in [1.82, 2.24) is 10.6 Å². The molecule has 0 fully saturated rings. The molecule has 21 heavy (non-hydrogen) atoms. The molecule has 116 valence electrons. The molecule has 0 aromatic heterocycles. The molecule has 3 N–H and O–H groups in total. The van der Waals surface area contributed by atoms with Gasteiger partial charge in [0.05, 0.1) is 6.04 Å². The van der Waals surface area contributed by atoms with Crippen molar-refractivity contribution in [3.63, 3.8) is 0 Å². The average Bonchev–Trinajstić information content (AvgIpc) is 2.34. The van der Waals surface area contributed by atoms with Crippen LogP contribution in [0.5, 0.6) is 0 Å². The monoisotopic (exact) mass is 296 g/mol. The zero-order chi connectivity index (χ0) is 16.2. The lowest BCUT2D eigenvalue weighted by Crippen LogP contribution is -2.52. The first kappa shape index (κ1) is 16.9. The van der Waals surface area contributed by atoms with Crippen LogP contribution in [-0.4, -0.2) is 23.1 Å². The molecule has 0 spiro atoms. The maximum Gasteiger partial charge on any atom is 0.326 e. The minimum absolute atomic E-state index is 0.389. The SMILES string of the molecule is CC(NC(=O)NC(C(=O)O)C(C)(C)C)c1cccc(F)c1. The van der Waals surface area contributed by atoms with Crippen LogP contribution >= 0.6 is 0 Å². The van der Waals surface area contributed by atoms with E-state index in [9.17, 15) is 14.0 Å². The van der Waals surface area contributed by atoms with Gasteiger partial charge in [0.2, 0.25) is 0 Å². The lowest BCUT2D eigenvalue weighted by Gasteiger charge is -2.28. The lowest BCUT2D eigenvalue weighted by molar-refractivity contribution is -0.141. The van der Waals surface area contributed by atoms with Gasteiger partial charge in [-0.05, 0) is 30.0 Å². The molecule has 1 rings (SSSR count). The molecule has 2 unspecified atom stereocenters. The summed E-state index contributed by atoms with van der Waals surface area (Å²) >= 11 is 0. The lowest BCUT2D eigenvalue weighted by atomic mass is 9.87. The summed E-state index contributed by atoms with van der Waals surface area (Å²) in [6.45, 7) is 6.87. The maximum atomic E-state index is 13.1. The molecular weight excluding hydrogens is 275 g/mol. The van der Waals surface area contributed by atoms with E-state index in [1.54, 1.807) is 39.8 Å². The summed E-state index contributed by atoms with van der Waals surface area (Å²) in [5.41, 5.74) is -0.0153. The molecular formula is C15H21FN2O3. The number of carbonyl (C=O) groups is 2. The van der Waals surface area contributed by atoms with Crippen LogP contribution in [0.3, 0.4) is 0 Å². The normalized spacial score (nSPS) is 14.1. The third kappa shape index (κ3) is 5.06. The summed E-state index contributed by atoms with van der Waals surface area (Å²) in [5.74, 6) is -1.49. The molecule has 5 nitrogen and oxygen atoms in total. The molecule has 0 radical (unpaired) electrons. The van der Waals surface area contributed by atoms with Crippen LogP contribution in [0.15, 0.2) is 24.3 Å². The number of nitrogens with one attached hydrogen (secondary N) is 2. The van der Waals surface area contributed by atoms with Gasteiger partial charge in [-0.1, -0.05) is 32.9 Å². The van der Waals surface area contributed by atoms with Crippen molar-refractivity contribution in [2.45, 2.75) is 39.8 Å². The highest BCUT2D eigenvalue weighted by molar-refractivity contribution is 5.83. The summed E-state index contributed by atoms with van der Waals surface area (Å²) in [6, 6.07) is 3.82. The van der Waals surface area contributed by atoms with Gasteiger partial charge in [0.25, 0.3) is 0 Å². The Hall–Kier alpha value is -2.11. The molecule has 2 amide bonds. The second kappa shape index (κ2) is 6.56. The minimum atomic E-state index is -1.10. The number of rotatable bonds is 4. The van der Waals surface area contributed by atoms with Crippen LogP contribution in [0.4, 0.5) is 9.18 Å². The van der Waals surface area contributed by atoms with Gasteiger partial charge in [-0.25, -0.2) is 14.0 Å². The van der Waals surface area contributed by atoms with Gasteiger partial charge in [-0.15, -0.1) is 0 Å².